The van der Waals surface area contributed by atoms with Crippen LogP contribution in [0.1, 0.15) is 44.9 Å². The average Bonchev–Trinajstić information content (AvgIpc) is 2.96. The van der Waals surface area contributed by atoms with Crippen LogP contribution in [0.15, 0.2) is 97.2 Å². The second-order valence-electron chi connectivity index (χ2n) is 8.51. The van der Waals surface area contributed by atoms with E-state index in [0.717, 1.165) is 11.3 Å². The van der Waals surface area contributed by atoms with Crippen molar-refractivity contribution in [3.05, 3.63) is 120 Å². The van der Waals surface area contributed by atoms with Crippen LogP contribution in [0.5, 0.6) is 11.5 Å². The van der Waals surface area contributed by atoms with Crippen LogP contribution < -0.4 is 14.8 Å². The highest BCUT2D eigenvalue weighted by Crippen LogP contribution is 2.30. The predicted octanol–water partition coefficient (Wildman–Crippen LogP) is 5.75. The first-order valence-electron chi connectivity index (χ1n) is 11.9. The number of ether oxygens (including phenoxy) is 2. The van der Waals surface area contributed by atoms with E-state index in [1.54, 1.807) is 55.6 Å². The van der Waals surface area contributed by atoms with Gasteiger partial charge < -0.3 is 19.7 Å². The second kappa shape index (κ2) is 11.9. The molecule has 1 heterocycles. The van der Waals surface area contributed by atoms with E-state index in [9.17, 15) is 9.59 Å². The number of amides is 2. The summed E-state index contributed by atoms with van der Waals surface area (Å²) in [6.45, 7) is 2.23. The van der Waals surface area contributed by atoms with Crippen LogP contribution in [0, 0.1) is 0 Å². The zero-order chi connectivity index (χ0) is 26.2. The van der Waals surface area contributed by atoms with Gasteiger partial charge in [-0.2, -0.15) is 0 Å². The molecule has 0 saturated carbocycles. The van der Waals surface area contributed by atoms with Crippen molar-refractivity contribution in [1.82, 2.24) is 9.88 Å². The van der Waals surface area contributed by atoms with E-state index in [0.29, 0.717) is 34.9 Å². The smallest absolute Gasteiger partial charge is 0.255 e. The number of carbonyl (C=O) groups excluding carboxylic acids is 2. The standard InChI is InChI=1S/C30H29N3O4/c1-21(23-12-9-14-25(18-23)32-29(34)22-10-5-4-6-11-22)33(2)30(35)24-15-16-27(28(19-24)36-3)37-20-26-13-7-8-17-31-26/h4-19,21H,20H2,1-3H3,(H,32,34)/t21-/m1/s1. The molecule has 0 unspecified atom stereocenters. The van der Waals surface area contributed by atoms with E-state index in [1.165, 1.54) is 0 Å². The van der Waals surface area contributed by atoms with Gasteiger partial charge in [0.1, 0.15) is 6.61 Å². The van der Waals surface area contributed by atoms with Gasteiger partial charge in [-0.3, -0.25) is 14.6 Å². The van der Waals surface area contributed by atoms with Crippen LogP contribution in [0.25, 0.3) is 0 Å². The van der Waals surface area contributed by atoms with E-state index in [1.807, 2.05) is 67.6 Å². The summed E-state index contributed by atoms with van der Waals surface area (Å²) in [7, 11) is 3.29. The molecule has 1 aromatic heterocycles. The van der Waals surface area contributed by atoms with Crippen LogP contribution in [0.3, 0.4) is 0 Å². The molecule has 4 rings (SSSR count). The molecule has 0 spiro atoms. The van der Waals surface area contributed by atoms with Gasteiger partial charge in [0.25, 0.3) is 11.8 Å². The molecule has 3 aromatic carbocycles. The number of rotatable bonds is 9. The topological polar surface area (TPSA) is 80.8 Å². The van der Waals surface area contributed by atoms with Crippen molar-refractivity contribution in [3.63, 3.8) is 0 Å². The van der Waals surface area contributed by atoms with Gasteiger partial charge in [0.2, 0.25) is 0 Å². The molecule has 0 aliphatic carbocycles. The van der Waals surface area contributed by atoms with Crippen molar-refractivity contribution in [2.24, 2.45) is 0 Å². The highest BCUT2D eigenvalue weighted by molar-refractivity contribution is 6.04. The lowest BCUT2D eigenvalue weighted by Crippen LogP contribution is -2.29. The van der Waals surface area contributed by atoms with Crippen LogP contribution in [0.4, 0.5) is 5.69 Å². The normalized spacial score (nSPS) is 11.3. The largest absolute Gasteiger partial charge is 0.493 e. The third-order valence-corrected chi connectivity index (χ3v) is 6.08. The number of carbonyl (C=O) groups is 2. The van der Waals surface area contributed by atoms with Crippen LogP contribution in [0.2, 0.25) is 0 Å². The van der Waals surface area contributed by atoms with E-state index < -0.39 is 0 Å². The number of pyridine rings is 1. The third kappa shape index (κ3) is 6.32. The summed E-state index contributed by atoms with van der Waals surface area (Å²) in [5.41, 5.74) is 3.40. The number of methoxy groups -OCH3 is 1. The minimum absolute atomic E-state index is 0.166. The molecule has 1 atom stereocenters. The Morgan fingerprint density at radius 2 is 1.68 bits per heavy atom. The van der Waals surface area contributed by atoms with E-state index in [-0.39, 0.29) is 17.9 Å². The lowest BCUT2D eigenvalue weighted by molar-refractivity contribution is 0.0742. The Balaban J connectivity index is 1.45. The Kier molecular flexibility index (Phi) is 8.15. The quantitative estimate of drug-likeness (QED) is 0.320. The molecule has 7 heteroatoms. The molecule has 0 bridgehead atoms. The van der Waals surface area contributed by atoms with Crippen LogP contribution >= 0.6 is 0 Å². The Bertz CT molecular complexity index is 1360. The molecule has 0 aliphatic rings. The molecule has 37 heavy (non-hydrogen) atoms. The van der Waals surface area contributed by atoms with Crippen molar-refractivity contribution < 1.29 is 19.1 Å². The Morgan fingerprint density at radius 1 is 0.892 bits per heavy atom. The third-order valence-electron chi connectivity index (χ3n) is 6.08. The highest BCUT2D eigenvalue weighted by atomic mass is 16.5. The van der Waals surface area contributed by atoms with Gasteiger partial charge in [-0.1, -0.05) is 36.4 Å². The lowest BCUT2D eigenvalue weighted by Gasteiger charge is -2.26. The Hall–Kier alpha value is -4.65. The molecule has 0 saturated heterocycles. The van der Waals surface area contributed by atoms with Crippen molar-refractivity contribution in [2.75, 3.05) is 19.5 Å². The van der Waals surface area contributed by atoms with E-state index in [2.05, 4.69) is 10.3 Å². The molecule has 0 radical (unpaired) electrons. The van der Waals surface area contributed by atoms with Crippen LogP contribution in [-0.2, 0) is 6.61 Å². The summed E-state index contributed by atoms with van der Waals surface area (Å²) in [5.74, 6) is 0.642. The first-order chi connectivity index (χ1) is 18.0. The van der Waals surface area contributed by atoms with Gasteiger partial charge in [0, 0.05) is 30.1 Å². The number of hydrogen-bond acceptors (Lipinski definition) is 5. The van der Waals surface area contributed by atoms with E-state index in [4.69, 9.17) is 9.47 Å². The maximum absolute atomic E-state index is 13.3. The fraction of sp³-hybridized carbons (Fsp3) is 0.167. The monoisotopic (exact) mass is 495 g/mol. The summed E-state index contributed by atoms with van der Waals surface area (Å²) in [6.07, 6.45) is 1.71. The zero-order valence-electron chi connectivity index (χ0n) is 21.0. The second-order valence-corrected chi connectivity index (χ2v) is 8.51. The van der Waals surface area contributed by atoms with Gasteiger partial charge >= 0.3 is 0 Å². The average molecular weight is 496 g/mol. The highest BCUT2D eigenvalue weighted by Gasteiger charge is 2.21. The van der Waals surface area contributed by atoms with Crippen molar-refractivity contribution in [1.29, 1.82) is 0 Å². The molecule has 1 N–H and O–H groups in total. The Morgan fingerprint density at radius 3 is 2.41 bits per heavy atom. The number of benzene rings is 3. The van der Waals surface area contributed by atoms with Crippen molar-refractivity contribution in [3.8, 4) is 11.5 Å². The SMILES string of the molecule is COc1cc(C(=O)N(C)[C@H](C)c2cccc(NC(=O)c3ccccc3)c2)ccc1OCc1ccccn1. The maximum Gasteiger partial charge on any atom is 0.255 e. The summed E-state index contributed by atoms with van der Waals surface area (Å²) >= 11 is 0. The first-order valence-corrected chi connectivity index (χ1v) is 11.9. The maximum atomic E-state index is 13.3. The summed E-state index contributed by atoms with van der Waals surface area (Å²) in [6, 6.07) is 27.0. The number of hydrogen-bond donors (Lipinski definition) is 1. The molecule has 7 nitrogen and oxygen atoms in total. The summed E-state index contributed by atoms with van der Waals surface area (Å²) in [4.78, 5) is 31.8. The van der Waals surface area contributed by atoms with Gasteiger partial charge in [-0.15, -0.1) is 0 Å². The van der Waals surface area contributed by atoms with Gasteiger partial charge in [0.05, 0.1) is 18.8 Å². The minimum atomic E-state index is -0.243. The molecule has 188 valence electrons. The Labute approximate surface area is 216 Å². The number of nitrogens with zero attached hydrogens (tertiary/aromatic N) is 2. The molecule has 4 aromatic rings. The fourth-order valence-electron chi connectivity index (χ4n) is 3.83. The molecule has 0 aliphatic heterocycles. The van der Waals surface area contributed by atoms with Gasteiger partial charge in [-0.05, 0) is 67.1 Å². The van der Waals surface area contributed by atoms with Crippen molar-refractivity contribution >= 4 is 17.5 Å². The van der Waals surface area contributed by atoms with E-state index >= 15 is 0 Å². The fourth-order valence-corrected chi connectivity index (χ4v) is 3.83. The van der Waals surface area contributed by atoms with Gasteiger partial charge in [-0.25, -0.2) is 0 Å². The molecule has 2 amide bonds. The van der Waals surface area contributed by atoms with Crippen molar-refractivity contribution in [2.45, 2.75) is 19.6 Å². The first kappa shape index (κ1) is 25.4. The molecule has 0 fully saturated rings. The zero-order valence-corrected chi connectivity index (χ0v) is 21.0. The number of anilines is 1. The predicted molar refractivity (Wildman–Crippen MR) is 143 cm³/mol. The summed E-state index contributed by atoms with van der Waals surface area (Å²) < 4.78 is 11.3. The van der Waals surface area contributed by atoms with Crippen LogP contribution in [-0.4, -0.2) is 35.9 Å². The molecular formula is C30H29N3O4. The minimum Gasteiger partial charge on any atom is -0.493 e. The number of aromatic nitrogens is 1. The van der Waals surface area contributed by atoms with Gasteiger partial charge in [0.15, 0.2) is 11.5 Å². The lowest BCUT2D eigenvalue weighted by atomic mass is 10.0. The molecular weight excluding hydrogens is 466 g/mol. The summed E-state index contributed by atoms with van der Waals surface area (Å²) in [5, 5.41) is 2.92. The number of nitrogens with one attached hydrogen (secondary N) is 1.